The van der Waals surface area contributed by atoms with Gasteiger partial charge in [0.1, 0.15) is 0 Å². The summed E-state index contributed by atoms with van der Waals surface area (Å²) in [6.45, 7) is 0.378. The summed E-state index contributed by atoms with van der Waals surface area (Å²) in [4.78, 5) is 0. The Bertz CT molecular complexity index is 143. The van der Waals surface area contributed by atoms with E-state index in [0.29, 0.717) is 12.8 Å². The third kappa shape index (κ3) is 2.21. The zero-order valence-electron chi connectivity index (χ0n) is 5.58. The van der Waals surface area contributed by atoms with Gasteiger partial charge in [0.05, 0.1) is 13.2 Å². The Kier molecular flexibility index (Phi) is 2.99. The summed E-state index contributed by atoms with van der Waals surface area (Å²) in [6, 6.07) is 0. The Balaban J connectivity index is 2.17. The Labute approximate surface area is 60.0 Å². The quantitative estimate of drug-likeness (QED) is 0.586. The van der Waals surface area contributed by atoms with Crippen LogP contribution in [0.5, 0.6) is 0 Å². The molecular formula is C7H10NO2. The van der Waals surface area contributed by atoms with Crippen LogP contribution in [0.25, 0.3) is 0 Å². The lowest BCUT2D eigenvalue weighted by Gasteiger charge is -2.13. The van der Waals surface area contributed by atoms with Gasteiger partial charge in [-0.05, 0) is 18.4 Å². The maximum Gasteiger partial charge on any atom is 0.210 e. The highest BCUT2D eigenvalue weighted by molar-refractivity contribution is 5.17. The fraction of sp³-hybridized carbons (Fsp3) is 0.286. The normalized spacial score (nSPS) is 17.3. The van der Waals surface area contributed by atoms with Crippen LogP contribution in [-0.2, 0) is 4.74 Å². The molecule has 0 atom stereocenters. The van der Waals surface area contributed by atoms with Crippen LogP contribution >= 0.6 is 0 Å². The van der Waals surface area contributed by atoms with Gasteiger partial charge in [0.25, 0.3) is 0 Å². The van der Waals surface area contributed by atoms with Crippen molar-refractivity contribution in [3.05, 3.63) is 30.7 Å². The molecule has 1 aliphatic heterocycles. The molecule has 0 aromatic carbocycles. The molecule has 0 fully saturated rings. The van der Waals surface area contributed by atoms with Crippen molar-refractivity contribution in [2.24, 2.45) is 0 Å². The topological polar surface area (TPSA) is 41.5 Å². The van der Waals surface area contributed by atoms with Gasteiger partial charge in [0, 0.05) is 0 Å². The molecule has 0 saturated heterocycles. The molecule has 0 saturated carbocycles. The standard InChI is InChI=1S/C7H10NO2/c9-5-6-10-7-3-1-2-4-8-7/h1-4,8-9H,5-6H2. The molecule has 55 valence electrons. The molecule has 3 heteroatoms. The third-order valence-electron chi connectivity index (χ3n) is 1.03. The van der Waals surface area contributed by atoms with Crippen LogP contribution in [0, 0.1) is 6.23 Å². The van der Waals surface area contributed by atoms with Gasteiger partial charge in [-0.1, -0.05) is 6.08 Å². The van der Waals surface area contributed by atoms with E-state index >= 15 is 0 Å². The third-order valence-corrected chi connectivity index (χ3v) is 1.03. The largest absolute Gasteiger partial charge is 0.394 e. The molecule has 0 aliphatic carbocycles. The first-order chi connectivity index (χ1) is 4.93. The minimum absolute atomic E-state index is 0.0444. The van der Waals surface area contributed by atoms with Crippen molar-refractivity contribution in [3.8, 4) is 0 Å². The summed E-state index contributed by atoms with van der Waals surface area (Å²) in [5, 5.41) is 11.3. The summed E-state index contributed by atoms with van der Waals surface area (Å²) < 4.78 is 5.05. The zero-order valence-corrected chi connectivity index (χ0v) is 5.58. The minimum Gasteiger partial charge on any atom is -0.394 e. The Morgan fingerprint density at radius 1 is 1.50 bits per heavy atom. The second-order valence-corrected chi connectivity index (χ2v) is 1.80. The molecule has 0 aromatic rings. The van der Waals surface area contributed by atoms with E-state index in [1.54, 1.807) is 12.3 Å². The summed E-state index contributed by atoms with van der Waals surface area (Å²) in [5.74, 6) is 0. The van der Waals surface area contributed by atoms with E-state index in [9.17, 15) is 0 Å². The summed E-state index contributed by atoms with van der Waals surface area (Å²) >= 11 is 0. The molecule has 0 aromatic heterocycles. The second kappa shape index (κ2) is 4.09. The Morgan fingerprint density at radius 3 is 3.00 bits per heavy atom. The van der Waals surface area contributed by atoms with Gasteiger partial charge < -0.3 is 15.2 Å². The number of hydrogen-bond acceptors (Lipinski definition) is 3. The Hall–Kier alpha value is -0.800. The molecule has 1 radical (unpaired) electrons. The first-order valence-electron chi connectivity index (χ1n) is 3.14. The maximum atomic E-state index is 8.39. The number of aliphatic hydroxyl groups is 1. The van der Waals surface area contributed by atoms with Crippen LogP contribution in [0.3, 0.4) is 0 Å². The predicted molar refractivity (Wildman–Crippen MR) is 37.7 cm³/mol. The van der Waals surface area contributed by atoms with E-state index in [0.717, 1.165) is 0 Å². The van der Waals surface area contributed by atoms with E-state index in [-0.39, 0.29) is 6.61 Å². The number of rotatable bonds is 3. The molecule has 10 heavy (non-hydrogen) atoms. The Morgan fingerprint density at radius 2 is 2.40 bits per heavy atom. The van der Waals surface area contributed by atoms with Gasteiger partial charge in [0.2, 0.25) is 6.23 Å². The van der Waals surface area contributed by atoms with E-state index in [1.165, 1.54) is 0 Å². The van der Waals surface area contributed by atoms with E-state index in [4.69, 9.17) is 9.84 Å². The molecule has 0 bridgehead atoms. The molecule has 3 nitrogen and oxygen atoms in total. The first kappa shape index (κ1) is 7.31. The molecule has 1 rings (SSSR count). The van der Waals surface area contributed by atoms with Gasteiger partial charge in [-0.3, -0.25) is 0 Å². The minimum atomic E-state index is 0.0444. The highest BCUT2D eigenvalue weighted by Crippen LogP contribution is 2.03. The lowest BCUT2D eigenvalue weighted by molar-refractivity contribution is 0.104. The monoisotopic (exact) mass is 140 g/mol. The fourth-order valence-corrected chi connectivity index (χ4v) is 0.622. The molecular weight excluding hydrogens is 130 g/mol. The highest BCUT2D eigenvalue weighted by Gasteiger charge is 2.03. The number of aliphatic hydroxyl groups excluding tert-OH is 1. The molecule has 0 amide bonds. The van der Waals surface area contributed by atoms with Gasteiger partial charge in [-0.2, -0.15) is 0 Å². The lowest BCUT2D eigenvalue weighted by atomic mass is 10.4. The van der Waals surface area contributed by atoms with E-state index in [2.05, 4.69) is 5.32 Å². The van der Waals surface area contributed by atoms with Crippen molar-refractivity contribution < 1.29 is 9.84 Å². The first-order valence-corrected chi connectivity index (χ1v) is 3.14. The van der Waals surface area contributed by atoms with Crippen LogP contribution in [-0.4, -0.2) is 18.3 Å². The molecule has 0 unspecified atom stereocenters. The van der Waals surface area contributed by atoms with E-state index < -0.39 is 0 Å². The van der Waals surface area contributed by atoms with Crippen LogP contribution in [0.2, 0.25) is 0 Å². The molecule has 1 aliphatic rings. The van der Waals surface area contributed by atoms with Gasteiger partial charge in [-0.15, -0.1) is 0 Å². The lowest BCUT2D eigenvalue weighted by Crippen LogP contribution is -2.19. The van der Waals surface area contributed by atoms with Crippen molar-refractivity contribution in [2.75, 3.05) is 13.2 Å². The SMILES string of the molecule is OCCO[C]1C=CC=CN1. The van der Waals surface area contributed by atoms with Crippen LogP contribution in [0.15, 0.2) is 24.4 Å². The summed E-state index contributed by atoms with van der Waals surface area (Å²) in [7, 11) is 0. The summed E-state index contributed by atoms with van der Waals surface area (Å²) in [6.07, 6.45) is 7.98. The molecule has 2 N–H and O–H groups in total. The second-order valence-electron chi connectivity index (χ2n) is 1.80. The van der Waals surface area contributed by atoms with Crippen molar-refractivity contribution in [1.82, 2.24) is 5.32 Å². The number of allylic oxidation sites excluding steroid dienone is 2. The number of ether oxygens (including phenoxy) is 1. The average molecular weight is 140 g/mol. The van der Waals surface area contributed by atoms with Crippen molar-refractivity contribution in [2.45, 2.75) is 0 Å². The van der Waals surface area contributed by atoms with Crippen molar-refractivity contribution in [3.63, 3.8) is 0 Å². The number of nitrogens with one attached hydrogen (secondary N) is 1. The van der Waals surface area contributed by atoms with Crippen LogP contribution in [0.1, 0.15) is 0 Å². The zero-order chi connectivity index (χ0) is 7.23. The van der Waals surface area contributed by atoms with Crippen LogP contribution in [0.4, 0.5) is 0 Å². The van der Waals surface area contributed by atoms with Crippen molar-refractivity contribution in [1.29, 1.82) is 0 Å². The average Bonchev–Trinajstić information content (AvgIpc) is 2.03. The maximum absolute atomic E-state index is 8.39. The number of hydrogen-bond donors (Lipinski definition) is 2. The molecule has 1 heterocycles. The number of dihydropyridines is 1. The predicted octanol–water partition coefficient (Wildman–Crippen LogP) is 0.158. The fourth-order valence-electron chi connectivity index (χ4n) is 0.622. The molecule has 0 spiro atoms. The summed E-state index contributed by atoms with van der Waals surface area (Å²) in [5.41, 5.74) is 0. The highest BCUT2D eigenvalue weighted by atomic mass is 16.5. The van der Waals surface area contributed by atoms with Gasteiger partial charge >= 0.3 is 0 Å². The van der Waals surface area contributed by atoms with Crippen molar-refractivity contribution >= 4 is 0 Å². The van der Waals surface area contributed by atoms with Gasteiger partial charge in [0.15, 0.2) is 0 Å². The van der Waals surface area contributed by atoms with E-state index in [1.807, 2.05) is 12.2 Å². The smallest absolute Gasteiger partial charge is 0.210 e. The van der Waals surface area contributed by atoms with Crippen LogP contribution < -0.4 is 5.32 Å². The van der Waals surface area contributed by atoms with Gasteiger partial charge in [-0.25, -0.2) is 0 Å².